The zero-order valence-corrected chi connectivity index (χ0v) is 31.8. The SMILES string of the molecule is CC1(C)C2=C(C=CCC2)c2c(N(c3ccc(-c4ccc5ccccc5c4)cc3)c3ccc(-c4cc5c6ccccc6ccc5c5ccccc45)cc3)cccc21. The Hall–Kier alpha value is -6.70. The fourth-order valence-electron chi connectivity index (χ4n) is 9.73. The molecule has 56 heavy (non-hydrogen) atoms. The second-order valence-electron chi connectivity index (χ2n) is 16.0. The maximum atomic E-state index is 2.48. The molecule has 0 saturated carbocycles. The summed E-state index contributed by atoms with van der Waals surface area (Å²) in [6, 6.07) is 65.3. The van der Waals surface area contributed by atoms with Gasteiger partial charge in [-0.05, 0) is 132 Å². The van der Waals surface area contributed by atoms with E-state index < -0.39 is 0 Å². The highest BCUT2D eigenvalue weighted by Gasteiger charge is 2.39. The Kier molecular flexibility index (Phi) is 7.41. The molecule has 0 spiro atoms. The highest BCUT2D eigenvalue weighted by molar-refractivity contribution is 6.21. The molecule has 0 radical (unpaired) electrons. The second kappa shape index (κ2) is 12.7. The zero-order chi connectivity index (χ0) is 37.4. The van der Waals surface area contributed by atoms with Gasteiger partial charge in [0.1, 0.15) is 0 Å². The van der Waals surface area contributed by atoms with Gasteiger partial charge in [-0.25, -0.2) is 0 Å². The molecular formula is C55H41N. The predicted octanol–water partition coefficient (Wildman–Crippen LogP) is 15.5. The number of nitrogens with zero attached hydrogens (tertiary/aromatic N) is 1. The summed E-state index contributed by atoms with van der Waals surface area (Å²) in [6.45, 7) is 4.82. The van der Waals surface area contributed by atoms with Crippen molar-refractivity contribution < 1.29 is 0 Å². The first kappa shape index (κ1) is 32.7. The van der Waals surface area contributed by atoms with Crippen LogP contribution in [0.15, 0.2) is 194 Å². The highest BCUT2D eigenvalue weighted by Crippen LogP contribution is 2.54. The van der Waals surface area contributed by atoms with Crippen molar-refractivity contribution in [1.82, 2.24) is 0 Å². The molecule has 0 unspecified atom stereocenters. The van der Waals surface area contributed by atoms with Gasteiger partial charge in [0.2, 0.25) is 0 Å². The molecule has 2 aliphatic rings. The first-order chi connectivity index (χ1) is 27.5. The van der Waals surface area contributed by atoms with E-state index in [-0.39, 0.29) is 5.41 Å². The standard InChI is InChI=1S/C55H41N/c1-55(2)51-19-10-9-18-48(51)54-52(55)20-11-21-53(54)56(42-29-24-37(25-30-42)41-23-22-36-12-3-4-14-40(36)34-41)43-31-26-39(27-32-43)49-35-50-44-15-6-5-13-38(44)28-33-47(50)45-16-7-8-17-46(45)49/h3-9,11-18,20-35H,10,19H2,1-2H3. The van der Waals surface area contributed by atoms with Gasteiger partial charge in [-0.1, -0.05) is 165 Å². The van der Waals surface area contributed by atoms with Gasteiger partial charge in [-0.3, -0.25) is 0 Å². The number of fused-ring (bicyclic) bond motifs is 8. The minimum Gasteiger partial charge on any atom is -0.310 e. The third kappa shape index (κ3) is 5.08. The average Bonchev–Trinajstić information content (AvgIpc) is 3.50. The first-order valence-electron chi connectivity index (χ1n) is 19.9. The van der Waals surface area contributed by atoms with E-state index in [0.29, 0.717) is 0 Å². The van der Waals surface area contributed by atoms with Crippen LogP contribution in [0.1, 0.15) is 37.8 Å². The third-order valence-electron chi connectivity index (χ3n) is 12.6. The van der Waals surface area contributed by atoms with Crippen LogP contribution in [0, 0.1) is 0 Å². The van der Waals surface area contributed by atoms with Gasteiger partial charge < -0.3 is 4.90 Å². The molecule has 0 saturated heterocycles. The quantitative estimate of drug-likeness (QED) is 0.160. The number of hydrogen-bond acceptors (Lipinski definition) is 1. The molecule has 2 aliphatic carbocycles. The van der Waals surface area contributed by atoms with E-state index in [1.807, 2.05) is 0 Å². The summed E-state index contributed by atoms with van der Waals surface area (Å²) in [5, 5.41) is 10.2. The molecule has 9 aromatic carbocycles. The van der Waals surface area contributed by atoms with Gasteiger partial charge in [-0.2, -0.15) is 0 Å². The molecule has 266 valence electrons. The van der Waals surface area contributed by atoms with Crippen LogP contribution >= 0.6 is 0 Å². The molecule has 0 amide bonds. The maximum Gasteiger partial charge on any atom is 0.0543 e. The Balaban J connectivity index is 1.07. The summed E-state index contributed by atoms with van der Waals surface area (Å²) in [4.78, 5) is 2.48. The Morgan fingerprint density at radius 3 is 1.88 bits per heavy atom. The van der Waals surface area contributed by atoms with Crippen LogP contribution in [0.2, 0.25) is 0 Å². The number of anilines is 3. The molecule has 0 heterocycles. The van der Waals surface area contributed by atoms with Crippen LogP contribution < -0.4 is 4.90 Å². The molecule has 9 aromatic rings. The van der Waals surface area contributed by atoms with Gasteiger partial charge >= 0.3 is 0 Å². The Labute approximate surface area is 328 Å². The van der Waals surface area contributed by atoms with Crippen LogP contribution in [0.3, 0.4) is 0 Å². The molecule has 11 rings (SSSR count). The molecule has 1 nitrogen and oxygen atoms in total. The first-order valence-corrected chi connectivity index (χ1v) is 19.9. The van der Waals surface area contributed by atoms with Crippen molar-refractivity contribution in [2.24, 2.45) is 0 Å². The minimum atomic E-state index is -0.0117. The summed E-state index contributed by atoms with van der Waals surface area (Å²) >= 11 is 0. The van der Waals surface area contributed by atoms with Crippen molar-refractivity contribution in [3.05, 3.63) is 205 Å². The topological polar surface area (TPSA) is 3.24 Å². The summed E-state index contributed by atoms with van der Waals surface area (Å²) < 4.78 is 0. The van der Waals surface area contributed by atoms with Gasteiger partial charge in [-0.15, -0.1) is 0 Å². The predicted molar refractivity (Wildman–Crippen MR) is 240 cm³/mol. The van der Waals surface area contributed by atoms with E-state index in [4.69, 9.17) is 0 Å². The number of hydrogen-bond donors (Lipinski definition) is 0. The van der Waals surface area contributed by atoms with Crippen molar-refractivity contribution >= 4 is 65.7 Å². The smallest absolute Gasteiger partial charge is 0.0543 e. The van der Waals surface area contributed by atoms with Gasteiger partial charge in [0.15, 0.2) is 0 Å². The molecule has 0 atom stereocenters. The van der Waals surface area contributed by atoms with Crippen LogP contribution in [-0.2, 0) is 5.41 Å². The van der Waals surface area contributed by atoms with E-state index in [2.05, 4.69) is 207 Å². The molecule has 0 aromatic heterocycles. The Morgan fingerprint density at radius 1 is 0.464 bits per heavy atom. The van der Waals surface area contributed by atoms with E-state index in [1.165, 1.54) is 87.7 Å². The monoisotopic (exact) mass is 715 g/mol. The highest BCUT2D eigenvalue weighted by atomic mass is 15.1. The summed E-state index contributed by atoms with van der Waals surface area (Å²) in [5.41, 5.74) is 14.1. The maximum absolute atomic E-state index is 2.48. The molecule has 0 aliphatic heterocycles. The summed E-state index contributed by atoms with van der Waals surface area (Å²) in [5.74, 6) is 0. The largest absolute Gasteiger partial charge is 0.310 e. The van der Waals surface area contributed by atoms with Crippen molar-refractivity contribution in [1.29, 1.82) is 0 Å². The average molecular weight is 716 g/mol. The number of benzene rings is 9. The second-order valence-corrected chi connectivity index (χ2v) is 16.0. The number of allylic oxidation sites excluding steroid dienone is 4. The molecule has 0 N–H and O–H groups in total. The molecular weight excluding hydrogens is 675 g/mol. The van der Waals surface area contributed by atoms with Crippen molar-refractivity contribution in [2.75, 3.05) is 4.90 Å². The fourth-order valence-corrected chi connectivity index (χ4v) is 9.73. The molecule has 1 heteroatoms. The van der Waals surface area contributed by atoms with Crippen molar-refractivity contribution in [3.8, 4) is 22.3 Å². The van der Waals surface area contributed by atoms with Crippen LogP contribution in [-0.4, -0.2) is 0 Å². The number of rotatable bonds is 5. The van der Waals surface area contributed by atoms with E-state index in [1.54, 1.807) is 5.57 Å². The van der Waals surface area contributed by atoms with Gasteiger partial charge in [0.25, 0.3) is 0 Å². The van der Waals surface area contributed by atoms with Crippen molar-refractivity contribution in [3.63, 3.8) is 0 Å². The summed E-state index contributed by atoms with van der Waals surface area (Å²) in [7, 11) is 0. The van der Waals surface area contributed by atoms with E-state index in [9.17, 15) is 0 Å². The van der Waals surface area contributed by atoms with Crippen LogP contribution in [0.5, 0.6) is 0 Å². The van der Waals surface area contributed by atoms with Crippen LogP contribution in [0.4, 0.5) is 17.1 Å². The lowest BCUT2D eigenvalue weighted by atomic mass is 9.78. The summed E-state index contributed by atoms with van der Waals surface area (Å²) in [6.07, 6.45) is 6.95. The lowest BCUT2D eigenvalue weighted by Crippen LogP contribution is -2.18. The van der Waals surface area contributed by atoms with Gasteiger partial charge in [0, 0.05) is 22.4 Å². The Bertz CT molecular complexity index is 3090. The lowest BCUT2D eigenvalue weighted by molar-refractivity contribution is 0.607. The van der Waals surface area contributed by atoms with Crippen molar-refractivity contribution in [2.45, 2.75) is 32.1 Å². The lowest BCUT2D eigenvalue weighted by Gasteiger charge is -2.29. The normalized spacial score (nSPS) is 14.5. The van der Waals surface area contributed by atoms with E-state index >= 15 is 0 Å². The Morgan fingerprint density at radius 2 is 1.09 bits per heavy atom. The fraction of sp³-hybridized carbons (Fsp3) is 0.0909. The molecule has 0 fully saturated rings. The van der Waals surface area contributed by atoms with E-state index in [0.717, 1.165) is 24.2 Å². The molecule has 0 bridgehead atoms. The van der Waals surface area contributed by atoms with Crippen LogP contribution in [0.25, 0.3) is 70.9 Å². The zero-order valence-electron chi connectivity index (χ0n) is 31.8. The third-order valence-corrected chi connectivity index (χ3v) is 12.6. The van der Waals surface area contributed by atoms with Gasteiger partial charge in [0.05, 0.1) is 5.69 Å². The minimum absolute atomic E-state index is 0.0117.